The smallest absolute Gasteiger partial charge is 0.387 e. The van der Waals surface area contributed by atoms with Crippen molar-refractivity contribution in [1.29, 1.82) is 0 Å². The third kappa shape index (κ3) is 1.53. The van der Waals surface area contributed by atoms with Gasteiger partial charge in [-0.2, -0.15) is 0 Å². The van der Waals surface area contributed by atoms with Crippen LogP contribution in [0, 0.1) is 26.3 Å². The Morgan fingerprint density at radius 2 is 1.92 bits per heavy atom. The zero-order valence-corrected chi connectivity index (χ0v) is 6.13. The summed E-state index contributed by atoms with van der Waals surface area (Å²) < 4.78 is 0. The molecule has 7 nitrogen and oxygen atoms in total. The fraction of sp³-hybridized carbons (Fsp3) is 0. The summed E-state index contributed by atoms with van der Waals surface area (Å²) in [4.78, 5) is 18.5. The van der Waals surface area contributed by atoms with Gasteiger partial charge in [-0.1, -0.05) is 0 Å². The summed E-state index contributed by atoms with van der Waals surface area (Å²) in [6.45, 7) is 0. The first kappa shape index (κ1) is 8.91. The summed E-state index contributed by atoms with van der Waals surface area (Å²) >= 11 is 0. The Morgan fingerprint density at radius 1 is 1.31 bits per heavy atom. The third-order valence-electron chi connectivity index (χ3n) is 1.29. The molecule has 0 aliphatic rings. The van der Waals surface area contributed by atoms with Crippen LogP contribution in [0.25, 0.3) is 0 Å². The lowest BCUT2D eigenvalue weighted by molar-refractivity contribution is -0.423. The fourth-order valence-corrected chi connectivity index (χ4v) is 0.787. The monoisotopic (exact) mass is 183 g/mol. The van der Waals surface area contributed by atoms with Crippen molar-refractivity contribution in [2.24, 2.45) is 0 Å². The molecule has 1 aromatic rings. The van der Waals surface area contributed by atoms with Gasteiger partial charge in [-0.15, -0.1) is 0 Å². The Bertz CT molecular complexity index is 375. The lowest BCUT2D eigenvalue weighted by Gasteiger charge is -1.95. The summed E-state index contributed by atoms with van der Waals surface area (Å²) in [5.41, 5.74) is -1.78. The van der Waals surface area contributed by atoms with E-state index in [0.717, 1.165) is 12.1 Å². The topological polar surface area (TPSA) is 107 Å². The number of aromatic hydroxyl groups is 1. The molecule has 1 radical (unpaired) electrons. The van der Waals surface area contributed by atoms with Gasteiger partial charge in [0, 0.05) is 0 Å². The first-order valence-corrected chi connectivity index (χ1v) is 3.06. The number of nitro benzene ring substituents is 2. The van der Waals surface area contributed by atoms with Gasteiger partial charge in [-0.25, -0.2) is 0 Å². The van der Waals surface area contributed by atoms with E-state index in [2.05, 4.69) is 6.07 Å². The Morgan fingerprint density at radius 3 is 2.31 bits per heavy atom. The second kappa shape index (κ2) is 3.05. The molecule has 0 bridgehead atoms. The highest BCUT2D eigenvalue weighted by atomic mass is 16.6. The van der Waals surface area contributed by atoms with E-state index < -0.39 is 27.0 Å². The number of phenolic OH excluding ortho intramolecular Hbond substituents is 1. The van der Waals surface area contributed by atoms with Gasteiger partial charge in [0.05, 0.1) is 15.9 Å². The lowest BCUT2D eigenvalue weighted by atomic mass is 10.2. The SMILES string of the molecule is O=[N+]([O-])c1[c]ccc(O)c1[N+](=O)[O-]. The van der Waals surface area contributed by atoms with E-state index in [1.807, 2.05) is 0 Å². The molecule has 1 aromatic carbocycles. The van der Waals surface area contributed by atoms with E-state index in [1.165, 1.54) is 0 Å². The number of rotatable bonds is 2. The summed E-state index contributed by atoms with van der Waals surface area (Å²) in [6.07, 6.45) is 0. The predicted octanol–water partition coefficient (Wildman–Crippen LogP) is 1.01. The van der Waals surface area contributed by atoms with Crippen molar-refractivity contribution < 1.29 is 15.0 Å². The van der Waals surface area contributed by atoms with E-state index in [4.69, 9.17) is 5.11 Å². The second-order valence-corrected chi connectivity index (χ2v) is 2.07. The Balaban J connectivity index is 3.43. The molecule has 0 heterocycles. The molecular weight excluding hydrogens is 180 g/mol. The minimum atomic E-state index is -1.02. The van der Waals surface area contributed by atoms with Gasteiger partial charge in [0.25, 0.3) is 0 Å². The van der Waals surface area contributed by atoms with Gasteiger partial charge >= 0.3 is 11.4 Å². The van der Waals surface area contributed by atoms with Crippen molar-refractivity contribution in [1.82, 2.24) is 0 Å². The highest BCUT2D eigenvalue weighted by Crippen LogP contribution is 2.34. The molecule has 0 amide bonds. The van der Waals surface area contributed by atoms with Crippen LogP contribution in [0.5, 0.6) is 5.75 Å². The van der Waals surface area contributed by atoms with Gasteiger partial charge in [0.2, 0.25) is 5.75 Å². The minimum absolute atomic E-state index is 0.740. The zero-order valence-electron chi connectivity index (χ0n) is 6.13. The third-order valence-corrected chi connectivity index (χ3v) is 1.29. The Labute approximate surface area is 71.5 Å². The molecule has 7 heteroatoms. The summed E-state index contributed by atoms with van der Waals surface area (Å²) in [5, 5.41) is 29.4. The van der Waals surface area contributed by atoms with Crippen LogP contribution in [0.3, 0.4) is 0 Å². The first-order chi connectivity index (χ1) is 6.04. The molecule has 0 aromatic heterocycles. The van der Waals surface area contributed by atoms with Gasteiger partial charge in [0.1, 0.15) is 0 Å². The largest absolute Gasteiger partial charge is 0.502 e. The van der Waals surface area contributed by atoms with Gasteiger partial charge in [0.15, 0.2) is 0 Å². The van der Waals surface area contributed by atoms with Crippen LogP contribution < -0.4 is 0 Å². The molecule has 1 rings (SSSR count). The molecule has 0 atom stereocenters. The highest BCUT2D eigenvalue weighted by molar-refractivity contribution is 5.60. The van der Waals surface area contributed by atoms with Gasteiger partial charge < -0.3 is 5.11 Å². The van der Waals surface area contributed by atoms with Crippen LogP contribution in [0.4, 0.5) is 11.4 Å². The number of phenols is 1. The van der Waals surface area contributed by atoms with E-state index >= 15 is 0 Å². The normalized spacial score (nSPS) is 9.54. The quantitative estimate of drug-likeness (QED) is 0.543. The molecule has 0 saturated heterocycles. The zero-order chi connectivity index (χ0) is 10.0. The van der Waals surface area contributed by atoms with E-state index in [1.54, 1.807) is 0 Å². The standard InChI is InChI=1S/C6H3N2O5/c9-5-3-1-2-4(7(10)11)6(5)8(12)13/h1,3,9H. The minimum Gasteiger partial charge on any atom is -0.502 e. The maximum Gasteiger partial charge on any atom is 0.387 e. The molecule has 0 unspecified atom stereocenters. The Kier molecular flexibility index (Phi) is 2.09. The second-order valence-electron chi connectivity index (χ2n) is 2.07. The average molecular weight is 183 g/mol. The van der Waals surface area contributed by atoms with Crippen molar-refractivity contribution in [3.8, 4) is 5.75 Å². The van der Waals surface area contributed by atoms with Crippen molar-refractivity contribution in [2.45, 2.75) is 0 Å². The summed E-state index contributed by atoms with van der Waals surface area (Å²) in [7, 11) is 0. The molecule has 67 valence electrons. The van der Waals surface area contributed by atoms with E-state index in [-0.39, 0.29) is 0 Å². The van der Waals surface area contributed by atoms with Crippen molar-refractivity contribution in [3.05, 3.63) is 38.4 Å². The average Bonchev–Trinajstić information content (AvgIpc) is 2.02. The molecule has 13 heavy (non-hydrogen) atoms. The fourth-order valence-electron chi connectivity index (χ4n) is 0.787. The number of hydrogen-bond donors (Lipinski definition) is 1. The van der Waals surface area contributed by atoms with Gasteiger partial charge in [-0.3, -0.25) is 20.2 Å². The number of nitro groups is 2. The van der Waals surface area contributed by atoms with Crippen molar-refractivity contribution in [2.75, 3.05) is 0 Å². The van der Waals surface area contributed by atoms with Crippen LogP contribution >= 0.6 is 0 Å². The molecule has 0 aliphatic heterocycles. The lowest BCUT2D eigenvalue weighted by Crippen LogP contribution is -1.96. The van der Waals surface area contributed by atoms with Crippen LogP contribution in [-0.4, -0.2) is 15.0 Å². The van der Waals surface area contributed by atoms with Crippen LogP contribution in [0.1, 0.15) is 0 Å². The first-order valence-electron chi connectivity index (χ1n) is 3.06. The number of benzene rings is 1. The number of nitrogens with zero attached hydrogens (tertiary/aromatic N) is 2. The number of hydrogen-bond acceptors (Lipinski definition) is 5. The van der Waals surface area contributed by atoms with Gasteiger partial charge in [-0.05, 0) is 12.1 Å². The molecular formula is C6H3N2O5. The highest BCUT2D eigenvalue weighted by Gasteiger charge is 2.28. The summed E-state index contributed by atoms with van der Waals surface area (Å²) in [6, 6.07) is 4.06. The molecule has 0 aliphatic carbocycles. The van der Waals surface area contributed by atoms with Crippen LogP contribution in [-0.2, 0) is 0 Å². The van der Waals surface area contributed by atoms with Crippen molar-refractivity contribution >= 4 is 11.4 Å². The van der Waals surface area contributed by atoms with Crippen molar-refractivity contribution in [3.63, 3.8) is 0 Å². The Hall–Kier alpha value is -2.18. The van der Waals surface area contributed by atoms with Crippen LogP contribution in [0.15, 0.2) is 12.1 Å². The molecule has 0 saturated carbocycles. The van der Waals surface area contributed by atoms with E-state index in [0.29, 0.717) is 0 Å². The molecule has 0 fully saturated rings. The van der Waals surface area contributed by atoms with E-state index in [9.17, 15) is 20.2 Å². The van der Waals surface area contributed by atoms with Crippen LogP contribution in [0.2, 0.25) is 0 Å². The molecule has 0 spiro atoms. The predicted molar refractivity (Wildman–Crippen MR) is 40.3 cm³/mol. The maximum atomic E-state index is 10.3. The molecule has 1 N–H and O–H groups in total. The summed E-state index contributed by atoms with van der Waals surface area (Å²) in [5.74, 6) is -0.740. The maximum absolute atomic E-state index is 10.3.